The third-order valence-corrected chi connectivity index (χ3v) is 13.1. The average molecular weight is 783 g/mol. The smallest absolute Gasteiger partial charge is 0.0411 e. The molecular formula is C57H70N2. The van der Waals surface area contributed by atoms with Crippen LogP contribution >= 0.6 is 0 Å². The van der Waals surface area contributed by atoms with Crippen molar-refractivity contribution in [3.05, 3.63) is 167 Å². The zero-order valence-electron chi connectivity index (χ0n) is 37.5. The topological polar surface area (TPSA) is 6.48 Å². The number of fused-ring (bicyclic) bond motifs is 3. The van der Waals surface area contributed by atoms with E-state index in [2.05, 4.69) is 205 Å². The number of aryl methyl sites for hydroxylation is 2. The van der Waals surface area contributed by atoms with Gasteiger partial charge in [-0.15, -0.1) is 0 Å². The van der Waals surface area contributed by atoms with Gasteiger partial charge in [-0.05, 0) is 127 Å². The summed E-state index contributed by atoms with van der Waals surface area (Å²) in [7, 11) is 4.33. The Bertz CT molecular complexity index is 2170. The summed E-state index contributed by atoms with van der Waals surface area (Å²) in [4.78, 5) is 4.58. The standard InChI is InChI=1S/C33H43N.C24H27N/c1-5-7-9-13-23-33(24-14-10-8-6-2)31-16-12-11-15-29(31)30-22-21-28(25-32(30)33)34(4)27-19-17-26(3)18-20-27;1-5-19(3)20-10-14-23(15-11-20)25(4)24-16-12-22(13-17-24)21-8-6-18(2)7-9-21/h11-12,15-22,25H,5-10,13-14,23-24H2,1-4H3;6-17,19H,5H2,1-4H3. The van der Waals surface area contributed by atoms with Crippen LogP contribution in [-0.2, 0) is 5.41 Å². The van der Waals surface area contributed by atoms with Crippen LogP contribution in [0.1, 0.15) is 132 Å². The minimum absolute atomic E-state index is 0.150. The molecule has 0 N–H and O–H groups in total. The number of anilines is 4. The number of hydrogen-bond acceptors (Lipinski definition) is 2. The fourth-order valence-corrected chi connectivity index (χ4v) is 8.97. The van der Waals surface area contributed by atoms with Crippen molar-refractivity contribution in [1.82, 2.24) is 0 Å². The minimum Gasteiger partial charge on any atom is -0.345 e. The lowest BCUT2D eigenvalue weighted by atomic mass is 9.70. The molecule has 6 aromatic rings. The third kappa shape index (κ3) is 10.4. The van der Waals surface area contributed by atoms with E-state index < -0.39 is 0 Å². The Hall–Kier alpha value is -5.08. The minimum atomic E-state index is 0.150. The van der Waals surface area contributed by atoms with Gasteiger partial charge >= 0.3 is 0 Å². The van der Waals surface area contributed by atoms with Gasteiger partial charge in [-0.3, -0.25) is 0 Å². The Morgan fingerprint density at radius 3 is 1.44 bits per heavy atom. The van der Waals surface area contributed by atoms with Crippen molar-refractivity contribution in [2.45, 2.75) is 124 Å². The SMILES string of the molecule is CCC(C)c1ccc(N(C)c2ccc(-c3ccc(C)cc3)cc2)cc1.CCCCCCC1(CCCCCC)c2ccccc2-c2ccc(N(C)c3ccc(C)cc3)cc21. The highest BCUT2D eigenvalue weighted by Crippen LogP contribution is 2.55. The molecule has 0 bridgehead atoms. The number of nitrogens with zero attached hydrogens (tertiary/aromatic N) is 2. The van der Waals surface area contributed by atoms with Crippen LogP contribution in [-0.4, -0.2) is 14.1 Å². The van der Waals surface area contributed by atoms with Crippen LogP contribution in [0.4, 0.5) is 22.7 Å². The summed E-state index contributed by atoms with van der Waals surface area (Å²) in [6, 6.07) is 51.8. The lowest BCUT2D eigenvalue weighted by Crippen LogP contribution is -2.26. The van der Waals surface area contributed by atoms with Crippen molar-refractivity contribution in [2.24, 2.45) is 0 Å². The summed E-state index contributed by atoms with van der Waals surface area (Å²) in [6.07, 6.45) is 14.3. The second kappa shape index (κ2) is 20.7. The first-order chi connectivity index (χ1) is 28.7. The molecule has 1 aliphatic rings. The largest absolute Gasteiger partial charge is 0.345 e. The molecule has 59 heavy (non-hydrogen) atoms. The third-order valence-electron chi connectivity index (χ3n) is 13.1. The summed E-state index contributed by atoms with van der Waals surface area (Å²) in [5, 5.41) is 0. The van der Waals surface area contributed by atoms with E-state index in [1.54, 1.807) is 11.1 Å². The van der Waals surface area contributed by atoms with E-state index in [1.807, 2.05) is 0 Å². The molecule has 0 fully saturated rings. The number of benzene rings is 6. The Morgan fingerprint density at radius 2 is 0.898 bits per heavy atom. The van der Waals surface area contributed by atoms with Gasteiger partial charge < -0.3 is 9.80 Å². The molecule has 6 aromatic carbocycles. The van der Waals surface area contributed by atoms with E-state index in [-0.39, 0.29) is 5.41 Å². The second-order valence-electron chi connectivity index (χ2n) is 17.2. The van der Waals surface area contributed by atoms with Gasteiger partial charge in [-0.25, -0.2) is 0 Å². The summed E-state index contributed by atoms with van der Waals surface area (Å²) in [5.41, 5.74) is 17.7. The predicted octanol–water partition coefficient (Wildman–Crippen LogP) is 16.9. The average Bonchev–Trinajstić information content (AvgIpc) is 3.55. The summed E-state index contributed by atoms with van der Waals surface area (Å²) in [6.45, 7) is 13.4. The molecule has 1 aliphatic carbocycles. The first-order valence-electron chi connectivity index (χ1n) is 22.7. The quantitative estimate of drug-likeness (QED) is 0.0850. The molecule has 0 aliphatic heterocycles. The highest BCUT2D eigenvalue weighted by molar-refractivity contribution is 5.83. The van der Waals surface area contributed by atoms with E-state index in [9.17, 15) is 0 Å². The van der Waals surface area contributed by atoms with Crippen LogP contribution in [0.25, 0.3) is 22.3 Å². The Kier molecular flexibility index (Phi) is 15.3. The zero-order valence-corrected chi connectivity index (χ0v) is 37.5. The molecule has 0 aromatic heterocycles. The van der Waals surface area contributed by atoms with Crippen LogP contribution < -0.4 is 9.80 Å². The highest BCUT2D eigenvalue weighted by atomic mass is 15.1. The number of rotatable bonds is 17. The Morgan fingerprint density at radius 1 is 0.458 bits per heavy atom. The summed E-state index contributed by atoms with van der Waals surface area (Å²) in [5.74, 6) is 0.619. The normalized spacial score (nSPS) is 12.9. The predicted molar refractivity (Wildman–Crippen MR) is 259 cm³/mol. The Balaban J connectivity index is 0.000000208. The van der Waals surface area contributed by atoms with E-state index in [0.29, 0.717) is 5.92 Å². The number of unbranched alkanes of at least 4 members (excludes halogenated alkanes) is 6. The molecule has 308 valence electrons. The van der Waals surface area contributed by atoms with Crippen molar-refractivity contribution in [3.8, 4) is 22.3 Å². The fraction of sp³-hybridized carbons (Fsp3) is 0.368. The molecule has 0 saturated heterocycles. The van der Waals surface area contributed by atoms with E-state index in [1.165, 1.54) is 132 Å². The number of hydrogen-bond donors (Lipinski definition) is 0. The van der Waals surface area contributed by atoms with Crippen molar-refractivity contribution >= 4 is 22.7 Å². The van der Waals surface area contributed by atoms with E-state index in [0.717, 1.165) is 0 Å². The van der Waals surface area contributed by atoms with Gasteiger partial charge in [-0.2, -0.15) is 0 Å². The monoisotopic (exact) mass is 783 g/mol. The molecule has 1 atom stereocenters. The maximum absolute atomic E-state index is 2.52. The van der Waals surface area contributed by atoms with E-state index >= 15 is 0 Å². The van der Waals surface area contributed by atoms with Crippen LogP contribution in [0, 0.1) is 13.8 Å². The molecule has 2 nitrogen and oxygen atoms in total. The lowest BCUT2D eigenvalue weighted by Gasteiger charge is -2.33. The van der Waals surface area contributed by atoms with Crippen molar-refractivity contribution < 1.29 is 0 Å². The highest BCUT2D eigenvalue weighted by Gasteiger charge is 2.42. The lowest BCUT2D eigenvalue weighted by molar-refractivity contribution is 0.401. The molecule has 0 heterocycles. The van der Waals surface area contributed by atoms with Crippen LogP contribution in [0.5, 0.6) is 0 Å². The van der Waals surface area contributed by atoms with Crippen LogP contribution in [0.3, 0.4) is 0 Å². The zero-order chi connectivity index (χ0) is 41.8. The van der Waals surface area contributed by atoms with Crippen molar-refractivity contribution in [2.75, 3.05) is 23.9 Å². The summed E-state index contributed by atoms with van der Waals surface area (Å²) >= 11 is 0. The fourth-order valence-electron chi connectivity index (χ4n) is 8.97. The molecule has 1 unspecified atom stereocenters. The van der Waals surface area contributed by atoms with Crippen molar-refractivity contribution in [1.29, 1.82) is 0 Å². The van der Waals surface area contributed by atoms with Gasteiger partial charge in [0.25, 0.3) is 0 Å². The second-order valence-corrected chi connectivity index (χ2v) is 17.2. The van der Waals surface area contributed by atoms with Gasteiger partial charge in [0.15, 0.2) is 0 Å². The molecule has 0 amide bonds. The van der Waals surface area contributed by atoms with Gasteiger partial charge in [0.05, 0.1) is 0 Å². The summed E-state index contributed by atoms with van der Waals surface area (Å²) < 4.78 is 0. The molecule has 0 spiro atoms. The van der Waals surface area contributed by atoms with Gasteiger partial charge in [0.2, 0.25) is 0 Å². The Labute approximate surface area is 358 Å². The van der Waals surface area contributed by atoms with Gasteiger partial charge in [0.1, 0.15) is 0 Å². The van der Waals surface area contributed by atoms with Crippen LogP contribution in [0.2, 0.25) is 0 Å². The molecule has 0 radical (unpaired) electrons. The molecule has 7 rings (SSSR count). The maximum atomic E-state index is 2.52. The van der Waals surface area contributed by atoms with E-state index in [4.69, 9.17) is 0 Å². The molecular weight excluding hydrogens is 713 g/mol. The first-order valence-corrected chi connectivity index (χ1v) is 22.7. The van der Waals surface area contributed by atoms with Gasteiger partial charge in [0, 0.05) is 42.3 Å². The van der Waals surface area contributed by atoms with Gasteiger partial charge in [-0.1, -0.05) is 181 Å². The molecule has 0 saturated carbocycles. The maximum Gasteiger partial charge on any atom is 0.0411 e. The van der Waals surface area contributed by atoms with Crippen LogP contribution in [0.15, 0.2) is 140 Å². The van der Waals surface area contributed by atoms with Crippen molar-refractivity contribution in [3.63, 3.8) is 0 Å². The molecule has 2 heteroatoms. The first kappa shape index (κ1) is 43.5.